The van der Waals surface area contributed by atoms with Crippen LogP contribution < -0.4 is 0 Å². The minimum absolute atomic E-state index is 0.0983. The van der Waals surface area contributed by atoms with Crippen LogP contribution in [0, 0.1) is 6.92 Å². The van der Waals surface area contributed by atoms with Gasteiger partial charge in [-0.3, -0.25) is 4.79 Å². The molecule has 2 aromatic heterocycles. The Morgan fingerprint density at radius 1 is 1.24 bits per heavy atom. The quantitative estimate of drug-likeness (QED) is 0.681. The third-order valence-electron chi connectivity index (χ3n) is 2.90. The summed E-state index contributed by atoms with van der Waals surface area (Å²) < 4.78 is 0. The van der Waals surface area contributed by atoms with Crippen molar-refractivity contribution in [1.82, 2.24) is 4.98 Å². The molecule has 0 bridgehead atoms. The highest BCUT2D eigenvalue weighted by molar-refractivity contribution is 7.08. The minimum Gasteiger partial charge on any atom is -0.358 e. The van der Waals surface area contributed by atoms with E-state index in [0.717, 1.165) is 27.7 Å². The average Bonchev–Trinajstić information content (AvgIpc) is 2.94. The molecule has 0 fully saturated rings. The number of aryl methyl sites for hydroxylation is 1. The van der Waals surface area contributed by atoms with Crippen molar-refractivity contribution in [3.05, 3.63) is 57.9 Å². The van der Waals surface area contributed by atoms with E-state index in [4.69, 9.17) is 0 Å². The van der Waals surface area contributed by atoms with E-state index in [9.17, 15) is 4.79 Å². The average molecular weight is 241 g/mol. The highest BCUT2D eigenvalue weighted by Crippen LogP contribution is 2.25. The molecule has 0 saturated heterocycles. The predicted octanol–water partition coefficient (Wildman–Crippen LogP) is 3.77. The molecular weight excluding hydrogens is 230 g/mol. The van der Waals surface area contributed by atoms with Gasteiger partial charge in [-0.05, 0) is 24.4 Å². The number of H-pyrrole nitrogens is 1. The molecule has 3 heteroatoms. The van der Waals surface area contributed by atoms with Gasteiger partial charge in [0, 0.05) is 27.5 Å². The normalized spacial score (nSPS) is 10.9. The summed E-state index contributed by atoms with van der Waals surface area (Å²) in [7, 11) is 0. The van der Waals surface area contributed by atoms with Crippen molar-refractivity contribution in [2.45, 2.75) is 6.92 Å². The Balaban J connectivity index is 2.24. The molecule has 3 rings (SSSR count). The van der Waals surface area contributed by atoms with Gasteiger partial charge in [0.2, 0.25) is 0 Å². The summed E-state index contributed by atoms with van der Waals surface area (Å²) in [6.45, 7) is 1.94. The molecule has 84 valence electrons. The number of carbonyl (C=O) groups excluding carboxylic acids is 1. The highest BCUT2D eigenvalue weighted by Gasteiger charge is 2.17. The predicted molar refractivity (Wildman–Crippen MR) is 70.8 cm³/mol. The first-order valence-corrected chi connectivity index (χ1v) is 6.36. The van der Waals surface area contributed by atoms with Gasteiger partial charge in [0.15, 0.2) is 5.78 Å². The second-order valence-electron chi connectivity index (χ2n) is 4.01. The maximum absolute atomic E-state index is 12.4. The molecule has 2 heterocycles. The van der Waals surface area contributed by atoms with Crippen LogP contribution in [0.3, 0.4) is 0 Å². The fourth-order valence-electron chi connectivity index (χ4n) is 2.11. The minimum atomic E-state index is 0.0983. The van der Waals surface area contributed by atoms with Gasteiger partial charge >= 0.3 is 0 Å². The number of aromatic nitrogens is 1. The number of ketones is 1. The van der Waals surface area contributed by atoms with Gasteiger partial charge in [-0.1, -0.05) is 18.2 Å². The number of rotatable bonds is 2. The number of carbonyl (C=O) groups is 1. The summed E-state index contributed by atoms with van der Waals surface area (Å²) in [4.78, 5) is 15.6. The van der Waals surface area contributed by atoms with Gasteiger partial charge in [0.05, 0.1) is 5.56 Å². The summed E-state index contributed by atoms with van der Waals surface area (Å²) in [6, 6.07) is 9.77. The molecule has 0 atom stereocenters. The van der Waals surface area contributed by atoms with Gasteiger partial charge in [0.25, 0.3) is 0 Å². The third-order valence-corrected chi connectivity index (χ3v) is 3.59. The van der Waals surface area contributed by atoms with Gasteiger partial charge < -0.3 is 4.98 Å². The van der Waals surface area contributed by atoms with E-state index >= 15 is 0 Å². The molecule has 0 amide bonds. The molecule has 17 heavy (non-hydrogen) atoms. The summed E-state index contributed by atoms with van der Waals surface area (Å²) >= 11 is 1.55. The SMILES string of the molecule is Cc1[nH]c2ccccc2c1C(=O)c1ccsc1. The van der Waals surface area contributed by atoms with Crippen LogP contribution >= 0.6 is 11.3 Å². The Kier molecular flexibility index (Phi) is 2.34. The summed E-state index contributed by atoms with van der Waals surface area (Å²) in [6.07, 6.45) is 0. The summed E-state index contributed by atoms with van der Waals surface area (Å²) in [5.74, 6) is 0.0983. The number of hydrogen-bond acceptors (Lipinski definition) is 2. The largest absolute Gasteiger partial charge is 0.358 e. The Labute approximate surface area is 103 Å². The van der Waals surface area contributed by atoms with Crippen LogP contribution in [0.25, 0.3) is 10.9 Å². The van der Waals surface area contributed by atoms with Crippen LogP contribution in [0.4, 0.5) is 0 Å². The number of nitrogens with one attached hydrogen (secondary N) is 1. The second kappa shape index (κ2) is 3.86. The number of fused-ring (bicyclic) bond motifs is 1. The molecule has 1 aromatic carbocycles. The Bertz CT molecular complexity index is 679. The van der Waals surface area contributed by atoms with E-state index in [1.165, 1.54) is 0 Å². The topological polar surface area (TPSA) is 32.9 Å². The van der Waals surface area contributed by atoms with E-state index in [1.807, 2.05) is 48.0 Å². The van der Waals surface area contributed by atoms with E-state index in [1.54, 1.807) is 11.3 Å². The van der Waals surface area contributed by atoms with E-state index in [2.05, 4.69) is 4.98 Å². The van der Waals surface area contributed by atoms with Gasteiger partial charge in [0.1, 0.15) is 0 Å². The summed E-state index contributed by atoms with van der Waals surface area (Å²) in [5, 5.41) is 4.82. The number of aromatic amines is 1. The van der Waals surface area contributed by atoms with Crippen LogP contribution in [0.5, 0.6) is 0 Å². The summed E-state index contributed by atoms with van der Waals surface area (Å²) in [5.41, 5.74) is 3.51. The smallest absolute Gasteiger partial charge is 0.196 e. The van der Waals surface area contributed by atoms with Crippen molar-refractivity contribution in [3.8, 4) is 0 Å². The maximum atomic E-state index is 12.4. The molecule has 0 spiro atoms. The first-order valence-electron chi connectivity index (χ1n) is 5.41. The van der Waals surface area contributed by atoms with Crippen molar-refractivity contribution in [2.75, 3.05) is 0 Å². The lowest BCUT2D eigenvalue weighted by atomic mass is 10.0. The van der Waals surface area contributed by atoms with Gasteiger partial charge in [-0.25, -0.2) is 0 Å². The fourth-order valence-corrected chi connectivity index (χ4v) is 2.74. The molecule has 0 radical (unpaired) electrons. The van der Waals surface area contributed by atoms with Crippen molar-refractivity contribution >= 4 is 28.0 Å². The Morgan fingerprint density at radius 3 is 2.82 bits per heavy atom. The second-order valence-corrected chi connectivity index (χ2v) is 4.79. The van der Waals surface area contributed by atoms with Crippen molar-refractivity contribution < 1.29 is 4.79 Å². The molecule has 0 aliphatic rings. The molecule has 0 aliphatic carbocycles. The molecule has 1 N–H and O–H groups in total. The molecule has 3 aromatic rings. The number of benzene rings is 1. The standard InChI is InChI=1S/C14H11NOS/c1-9-13(14(16)10-6-7-17-8-10)11-4-2-3-5-12(11)15-9/h2-8,15H,1H3. The van der Waals surface area contributed by atoms with Crippen LogP contribution in [0.15, 0.2) is 41.1 Å². The number of hydrogen-bond donors (Lipinski definition) is 1. The molecule has 0 saturated carbocycles. The van der Waals surface area contributed by atoms with Crippen molar-refractivity contribution in [3.63, 3.8) is 0 Å². The van der Waals surface area contributed by atoms with E-state index < -0.39 is 0 Å². The van der Waals surface area contributed by atoms with Crippen LogP contribution in [0.2, 0.25) is 0 Å². The zero-order valence-corrected chi connectivity index (χ0v) is 10.2. The van der Waals surface area contributed by atoms with E-state index in [0.29, 0.717) is 0 Å². The lowest BCUT2D eigenvalue weighted by Crippen LogP contribution is -2.00. The van der Waals surface area contributed by atoms with Crippen LogP contribution in [-0.2, 0) is 0 Å². The maximum Gasteiger partial charge on any atom is 0.196 e. The van der Waals surface area contributed by atoms with Crippen LogP contribution in [-0.4, -0.2) is 10.8 Å². The number of thiophene rings is 1. The third kappa shape index (κ3) is 1.59. The Hall–Kier alpha value is -1.87. The first kappa shape index (κ1) is 10.3. The van der Waals surface area contributed by atoms with E-state index in [-0.39, 0.29) is 5.78 Å². The highest BCUT2D eigenvalue weighted by atomic mass is 32.1. The fraction of sp³-hybridized carbons (Fsp3) is 0.0714. The first-order chi connectivity index (χ1) is 8.27. The van der Waals surface area contributed by atoms with Crippen molar-refractivity contribution in [1.29, 1.82) is 0 Å². The monoisotopic (exact) mass is 241 g/mol. The molecule has 0 aliphatic heterocycles. The van der Waals surface area contributed by atoms with Gasteiger partial charge in [-0.15, -0.1) is 0 Å². The van der Waals surface area contributed by atoms with Crippen LogP contribution in [0.1, 0.15) is 21.6 Å². The molecular formula is C14H11NOS. The van der Waals surface area contributed by atoms with Crippen molar-refractivity contribution in [2.24, 2.45) is 0 Å². The number of para-hydroxylation sites is 1. The van der Waals surface area contributed by atoms with Gasteiger partial charge in [-0.2, -0.15) is 11.3 Å². The Morgan fingerprint density at radius 2 is 2.06 bits per heavy atom. The zero-order valence-electron chi connectivity index (χ0n) is 9.36. The molecule has 2 nitrogen and oxygen atoms in total. The lowest BCUT2D eigenvalue weighted by molar-refractivity contribution is 0.104. The zero-order chi connectivity index (χ0) is 11.8. The molecule has 0 unspecified atom stereocenters. The lowest BCUT2D eigenvalue weighted by Gasteiger charge is -1.98.